The molecule has 0 aliphatic carbocycles. The predicted octanol–water partition coefficient (Wildman–Crippen LogP) is 3.40. The molecule has 2 aromatic carbocycles. The molecule has 0 spiro atoms. The van der Waals surface area contributed by atoms with Crippen LogP contribution in [0.3, 0.4) is 0 Å². The van der Waals surface area contributed by atoms with Gasteiger partial charge in [-0.1, -0.05) is 12.1 Å². The Balaban J connectivity index is 2.55. The molecule has 2 N–H and O–H groups in total. The van der Waals surface area contributed by atoms with Crippen molar-refractivity contribution in [3.8, 4) is 11.1 Å². The van der Waals surface area contributed by atoms with Gasteiger partial charge in [0, 0.05) is 6.54 Å². The van der Waals surface area contributed by atoms with Gasteiger partial charge in [0.1, 0.15) is 11.6 Å². The summed E-state index contributed by atoms with van der Waals surface area (Å²) < 4.78 is 26.3. The van der Waals surface area contributed by atoms with E-state index in [2.05, 4.69) is 0 Å². The standard InChI is InChI=1S/C14H13F2N/c1-9-6-10(2-5-14(9)16)13-4-3-12(15)7-11(13)8-17/h2-7H,8,17H2,1H3. The van der Waals surface area contributed by atoms with Gasteiger partial charge in [-0.05, 0) is 53.4 Å². The second kappa shape index (κ2) is 4.63. The lowest BCUT2D eigenvalue weighted by Gasteiger charge is -2.09. The summed E-state index contributed by atoms with van der Waals surface area (Å²) in [5, 5.41) is 0. The largest absolute Gasteiger partial charge is 0.326 e. The average Bonchev–Trinajstić information content (AvgIpc) is 2.32. The van der Waals surface area contributed by atoms with Gasteiger partial charge < -0.3 is 5.73 Å². The molecule has 88 valence electrons. The van der Waals surface area contributed by atoms with Crippen LogP contribution in [0.15, 0.2) is 36.4 Å². The van der Waals surface area contributed by atoms with Gasteiger partial charge in [0.15, 0.2) is 0 Å². The third kappa shape index (κ3) is 2.34. The minimum atomic E-state index is -0.312. The van der Waals surface area contributed by atoms with Crippen LogP contribution in [0.2, 0.25) is 0 Å². The van der Waals surface area contributed by atoms with Gasteiger partial charge in [-0.3, -0.25) is 0 Å². The van der Waals surface area contributed by atoms with Crippen molar-refractivity contribution in [2.75, 3.05) is 0 Å². The molecule has 0 atom stereocenters. The molecule has 0 bridgehead atoms. The van der Waals surface area contributed by atoms with E-state index in [4.69, 9.17) is 5.73 Å². The minimum absolute atomic E-state index is 0.245. The molecule has 0 aliphatic rings. The van der Waals surface area contributed by atoms with E-state index in [-0.39, 0.29) is 18.2 Å². The highest BCUT2D eigenvalue weighted by Gasteiger charge is 2.07. The molecule has 0 amide bonds. The number of aryl methyl sites for hydroxylation is 1. The number of hydrogen-bond donors (Lipinski definition) is 1. The number of rotatable bonds is 2. The first-order chi connectivity index (χ1) is 8.11. The molecule has 0 aromatic heterocycles. The molecule has 2 rings (SSSR count). The molecule has 17 heavy (non-hydrogen) atoms. The maximum absolute atomic E-state index is 13.2. The molecule has 3 heteroatoms. The summed E-state index contributed by atoms with van der Waals surface area (Å²) in [5.41, 5.74) is 8.56. The Labute approximate surface area is 98.9 Å². The quantitative estimate of drug-likeness (QED) is 0.845. The van der Waals surface area contributed by atoms with Crippen molar-refractivity contribution in [1.82, 2.24) is 0 Å². The monoisotopic (exact) mass is 233 g/mol. The summed E-state index contributed by atoms with van der Waals surface area (Å²) in [7, 11) is 0. The highest BCUT2D eigenvalue weighted by molar-refractivity contribution is 5.68. The normalized spacial score (nSPS) is 10.6. The first-order valence-electron chi connectivity index (χ1n) is 5.37. The van der Waals surface area contributed by atoms with Crippen molar-refractivity contribution in [1.29, 1.82) is 0 Å². The van der Waals surface area contributed by atoms with Crippen LogP contribution in [0.1, 0.15) is 11.1 Å². The van der Waals surface area contributed by atoms with Crippen LogP contribution in [0, 0.1) is 18.6 Å². The van der Waals surface area contributed by atoms with Crippen molar-refractivity contribution < 1.29 is 8.78 Å². The van der Waals surface area contributed by atoms with Crippen LogP contribution in [0.25, 0.3) is 11.1 Å². The lowest BCUT2D eigenvalue weighted by Crippen LogP contribution is -2.00. The summed E-state index contributed by atoms with van der Waals surface area (Å²) in [6, 6.07) is 9.29. The predicted molar refractivity (Wildman–Crippen MR) is 64.4 cm³/mol. The van der Waals surface area contributed by atoms with Crippen molar-refractivity contribution in [3.05, 3.63) is 59.2 Å². The van der Waals surface area contributed by atoms with E-state index >= 15 is 0 Å². The Morgan fingerprint density at radius 1 is 1.06 bits per heavy atom. The van der Waals surface area contributed by atoms with E-state index < -0.39 is 0 Å². The molecule has 0 unspecified atom stereocenters. The average molecular weight is 233 g/mol. The Bertz CT molecular complexity index is 550. The number of halogens is 2. The smallest absolute Gasteiger partial charge is 0.126 e. The fraction of sp³-hybridized carbons (Fsp3) is 0.143. The van der Waals surface area contributed by atoms with E-state index in [1.54, 1.807) is 25.1 Å². The summed E-state index contributed by atoms with van der Waals surface area (Å²) in [4.78, 5) is 0. The van der Waals surface area contributed by atoms with Crippen molar-refractivity contribution in [2.45, 2.75) is 13.5 Å². The summed E-state index contributed by atoms with van der Waals surface area (Å²) in [5.74, 6) is -0.557. The van der Waals surface area contributed by atoms with Crippen LogP contribution in [0.5, 0.6) is 0 Å². The van der Waals surface area contributed by atoms with Gasteiger partial charge in [-0.15, -0.1) is 0 Å². The van der Waals surface area contributed by atoms with Crippen LogP contribution in [0.4, 0.5) is 8.78 Å². The van der Waals surface area contributed by atoms with E-state index in [1.807, 2.05) is 0 Å². The fourth-order valence-corrected chi connectivity index (χ4v) is 1.83. The molecule has 2 aromatic rings. The lowest BCUT2D eigenvalue weighted by molar-refractivity contribution is 0.618. The first kappa shape index (κ1) is 11.7. The van der Waals surface area contributed by atoms with Gasteiger partial charge in [-0.2, -0.15) is 0 Å². The zero-order chi connectivity index (χ0) is 12.4. The molecule has 0 fully saturated rings. The third-order valence-electron chi connectivity index (χ3n) is 2.76. The fourth-order valence-electron chi connectivity index (χ4n) is 1.83. The SMILES string of the molecule is Cc1cc(-c2ccc(F)cc2CN)ccc1F. The molecule has 0 radical (unpaired) electrons. The van der Waals surface area contributed by atoms with Crippen molar-refractivity contribution >= 4 is 0 Å². The van der Waals surface area contributed by atoms with Gasteiger partial charge in [-0.25, -0.2) is 8.78 Å². The van der Waals surface area contributed by atoms with E-state index in [9.17, 15) is 8.78 Å². The highest BCUT2D eigenvalue weighted by Crippen LogP contribution is 2.26. The van der Waals surface area contributed by atoms with Gasteiger partial charge in [0.25, 0.3) is 0 Å². The molecule has 0 heterocycles. The van der Waals surface area contributed by atoms with E-state index in [0.717, 1.165) is 16.7 Å². The maximum atomic E-state index is 13.2. The first-order valence-corrected chi connectivity index (χ1v) is 5.37. The molecule has 0 saturated heterocycles. The Morgan fingerprint density at radius 2 is 1.82 bits per heavy atom. The zero-order valence-electron chi connectivity index (χ0n) is 9.50. The highest BCUT2D eigenvalue weighted by atomic mass is 19.1. The molecule has 1 nitrogen and oxygen atoms in total. The number of hydrogen-bond acceptors (Lipinski definition) is 1. The Morgan fingerprint density at radius 3 is 2.47 bits per heavy atom. The van der Waals surface area contributed by atoms with Gasteiger partial charge >= 0.3 is 0 Å². The van der Waals surface area contributed by atoms with Crippen molar-refractivity contribution in [3.63, 3.8) is 0 Å². The molecular weight excluding hydrogens is 220 g/mol. The molecule has 0 aliphatic heterocycles. The van der Waals surface area contributed by atoms with Gasteiger partial charge in [0.2, 0.25) is 0 Å². The zero-order valence-corrected chi connectivity index (χ0v) is 9.50. The second-order valence-electron chi connectivity index (χ2n) is 3.97. The van der Waals surface area contributed by atoms with Gasteiger partial charge in [0.05, 0.1) is 0 Å². The van der Waals surface area contributed by atoms with Crippen LogP contribution >= 0.6 is 0 Å². The second-order valence-corrected chi connectivity index (χ2v) is 3.97. The van der Waals surface area contributed by atoms with Crippen LogP contribution in [-0.4, -0.2) is 0 Å². The molecular formula is C14H13F2N. The summed E-state index contributed by atoms with van der Waals surface area (Å²) in [6.45, 7) is 1.95. The molecule has 0 saturated carbocycles. The lowest BCUT2D eigenvalue weighted by atomic mass is 9.98. The summed E-state index contributed by atoms with van der Waals surface area (Å²) in [6.07, 6.45) is 0. The van der Waals surface area contributed by atoms with Crippen molar-refractivity contribution in [2.24, 2.45) is 5.73 Å². The third-order valence-corrected chi connectivity index (χ3v) is 2.76. The minimum Gasteiger partial charge on any atom is -0.326 e. The Hall–Kier alpha value is -1.74. The number of nitrogens with two attached hydrogens (primary N) is 1. The topological polar surface area (TPSA) is 26.0 Å². The maximum Gasteiger partial charge on any atom is 0.126 e. The van der Waals surface area contributed by atoms with Crippen LogP contribution < -0.4 is 5.73 Å². The van der Waals surface area contributed by atoms with Crippen LogP contribution in [-0.2, 0) is 6.54 Å². The Kier molecular flexibility index (Phi) is 3.20. The number of benzene rings is 2. The summed E-state index contributed by atoms with van der Waals surface area (Å²) >= 11 is 0. The van der Waals surface area contributed by atoms with E-state index in [1.165, 1.54) is 18.2 Å². The van der Waals surface area contributed by atoms with E-state index in [0.29, 0.717) is 5.56 Å².